The van der Waals surface area contributed by atoms with Crippen molar-refractivity contribution in [3.8, 4) is 6.07 Å². The average molecular weight is 265 g/mol. The molecule has 0 amide bonds. The van der Waals surface area contributed by atoms with Crippen molar-refractivity contribution in [2.75, 3.05) is 11.9 Å². The number of hydrogen-bond donors (Lipinski definition) is 1. The van der Waals surface area contributed by atoms with Gasteiger partial charge in [-0.2, -0.15) is 5.26 Å². The van der Waals surface area contributed by atoms with Gasteiger partial charge >= 0.3 is 5.97 Å². The highest BCUT2D eigenvalue weighted by Gasteiger charge is 2.13. The number of esters is 1. The number of nitrogens with one attached hydrogen (secondary N) is 1. The van der Waals surface area contributed by atoms with Crippen LogP contribution in [0.5, 0.6) is 0 Å². The molecule has 0 unspecified atom stereocenters. The molecule has 0 heterocycles. The largest absolute Gasteiger partial charge is 0.462 e. The van der Waals surface area contributed by atoms with Crippen LogP contribution in [0.15, 0.2) is 35.5 Å². The second-order valence-electron chi connectivity index (χ2n) is 3.46. The molecule has 0 radical (unpaired) electrons. The predicted octanol–water partition coefficient (Wildman–Crippen LogP) is 3.11. The van der Waals surface area contributed by atoms with E-state index in [2.05, 4.69) is 5.32 Å². The normalized spacial score (nSPS) is 11.2. The molecule has 5 heteroatoms. The highest BCUT2D eigenvalue weighted by molar-refractivity contribution is 6.30. The first-order valence-electron chi connectivity index (χ1n) is 5.39. The van der Waals surface area contributed by atoms with Gasteiger partial charge in [-0.15, -0.1) is 0 Å². The van der Waals surface area contributed by atoms with Crippen molar-refractivity contribution in [3.05, 3.63) is 40.6 Å². The van der Waals surface area contributed by atoms with Gasteiger partial charge in [0.05, 0.1) is 6.61 Å². The molecule has 0 aliphatic heterocycles. The highest BCUT2D eigenvalue weighted by atomic mass is 35.5. The second kappa shape index (κ2) is 6.67. The molecule has 4 nitrogen and oxygen atoms in total. The second-order valence-corrected chi connectivity index (χ2v) is 3.90. The van der Waals surface area contributed by atoms with Crippen LogP contribution in [-0.4, -0.2) is 12.6 Å². The van der Waals surface area contributed by atoms with Gasteiger partial charge in [0, 0.05) is 16.4 Å². The molecule has 0 aliphatic rings. The Morgan fingerprint density at radius 2 is 2.06 bits per heavy atom. The van der Waals surface area contributed by atoms with Crippen LogP contribution in [0.4, 0.5) is 5.69 Å². The lowest BCUT2D eigenvalue weighted by Crippen LogP contribution is -2.11. The summed E-state index contributed by atoms with van der Waals surface area (Å²) in [4.78, 5) is 11.5. The molecular formula is C13H13ClN2O2. The molecule has 94 valence electrons. The molecule has 0 aromatic heterocycles. The lowest BCUT2D eigenvalue weighted by molar-refractivity contribution is -0.138. The van der Waals surface area contributed by atoms with Gasteiger partial charge in [-0.25, -0.2) is 4.79 Å². The zero-order chi connectivity index (χ0) is 13.5. The van der Waals surface area contributed by atoms with Crippen molar-refractivity contribution in [3.63, 3.8) is 0 Å². The van der Waals surface area contributed by atoms with Crippen molar-refractivity contribution in [1.82, 2.24) is 0 Å². The maximum absolute atomic E-state index is 11.5. The fourth-order valence-electron chi connectivity index (χ4n) is 1.30. The molecule has 0 spiro atoms. The third kappa shape index (κ3) is 3.79. The van der Waals surface area contributed by atoms with Gasteiger partial charge in [0.15, 0.2) is 5.57 Å². The van der Waals surface area contributed by atoms with Crippen LogP contribution < -0.4 is 5.32 Å². The smallest absolute Gasteiger partial charge is 0.350 e. The van der Waals surface area contributed by atoms with Gasteiger partial charge < -0.3 is 10.1 Å². The van der Waals surface area contributed by atoms with Crippen molar-refractivity contribution in [1.29, 1.82) is 5.26 Å². The first-order chi connectivity index (χ1) is 8.58. The Labute approximate surface area is 111 Å². The maximum atomic E-state index is 11.5. The summed E-state index contributed by atoms with van der Waals surface area (Å²) in [7, 11) is 0. The third-order valence-corrected chi connectivity index (χ3v) is 2.39. The lowest BCUT2D eigenvalue weighted by atomic mass is 10.2. The number of ether oxygens (including phenoxy) is 1. The minimum atomic E-state index is -0.626. The van der Waals surface area contributed by atoms with E-state index < -0.39 is 5.97 Å². The number of anilines is 1. The van der Waals surface area contributed by atoms with Gasteiger partial charge in [0.25, 0.3) is 0 Å². The van der Waals surface area contributed by atoms with Crippen LogP contribution >= 0.6 is 11.6 Å². The van der Waals surface area contributed by atoms with E-state index in [4.69, 9.17) is 21.6 Å². The van der Waals surface area contributed by atoms with Crippen molar-refractivity contribution < 1.29 is 9.53 Å². The van der Waals surface area contributed by atoms with Crippen molar-refractivity contribution in [2.45, 2.75) is 13.8 Å². The fourth-order valence-corrected chi connectivity index (χ4v) is 1.42. The van der Waals surface area contributed by atoms with Crippen LogP contribution in [0.1, 0.15) is 13.8 Å². The summed E-state index contributed by atoms with van der Waals surface area (Å²) in [6.07, 6.45) is 0. The molecule has 0 saturated carbocycles. The van der Waals surface area contributed by atoms with E-state index in [9.17, 15) is 4.79 Å². The zero-order valence-corrected chi connectivity index (χ0v) is 10.9. The van der Waals surface area contributed by atoms with E-state index >= 15 is 0 Å². The predicted molar refractivity (Wildman–Crippen MR) is 70.0 cm³/mol. The average Bonchev–Trinajstić information content (AvgIpc) is 2.33. The van der Waals surface area contributed by atoms with E-state index in [-0.39, 0.29) is 12.2 Å². The van der Waals surface area contributed by atoms with Crippen LogP contribution in [0.3, 0.4) is 0 Å². The summed E-state index contributed by atoms with van der Waals surface area (Å²) >= 11 is 5.76. The zero-order valence-electron chi connectivity index (χ0n) is 10.2. The Kier molecular flexibility index (Phi) is 5.22. The third-order valence-electron chi connectivity index (χ3n) is 2.14. The summed E-state index contributed by atoms with van der Waals surface area (Å²) in [5.41, 5.74) is 1.15. The molecule has 0 bridgehead atoms. The van der Waals surface area contributed by atoms with E-state index in [0.29, 0.717) is 10.7 Å². The molecule has 1 aromatic carbocycles. The molecule has 0 atom stereocenters. The SMILES string of the molecule is CCOC(=O)C(C#N)=C(C)Nc1ccc(Cl)cc1. The number of carbonyl (C=O) groups is 1. The van der Waals surface area contributed by atoms with Crippen LogP contribution in [0, 0.1) is 11.3 Å². The van der Waals surface area contributed by atoms with E-state index in [1.807, 2.05) is 6.07 Å². The van der Waals surface area contributed by atoms with Crippen LogP contribution in [0.2, 0.25) is 5.02 Å². The molecule has 1 aromatic rings. The van der Waals surface area contributed by atoms with Gasteiger partial charge in [-0.05, 0) is 38.1 Å². The Morgan fingerprint density at radius 1 is 1.44 bits per heavy atom. The van der Waals surface area contributed by atoms with Crippen molar-refractivity contribution in [2.24, 2.45) is 0 Å². The molecule has 0 fully saturated rings. The number of nitrogens with zero attached hydrogens (tertiary/aromatic N) is 1. The Morgan fingerprint density at radius 3 is 2.56 bits per heavy atom. The fraction of sp³-hybridized carbons (Fsp3) is 0.231. The summed E-state index contributed by atoms with van der Waals surface area (Å²) in [6, 6.07) is 8.78. The first-order valence-corrected chi connectivity index (χ1v) is 5.77. The van der Waals surface area contributed by atoms with Gasteiger partial charge in [0.2, 0.25) is 0 Å². The first kappa shape index (κ1) is 14.1. The number of nitriles is 1. The molecular weight excluding hydrogens is 252 g/mol. The summed E-state index contributed by atoms with van der Waals surface area (Å²) in [5, 5.41) is 12.5. The van der Waals surface area contributed by atoms with Crippen LogP contribution in [0.25, 0.3) is 0 Å². The number of allylic oxidation sites excluding steroid dienone is 1. The molecule has 0 aliphatic carbocycles. The molecule has 0 saturated heterocycles. The quantitative estimate of drug-likeness (QED) is 0.516. The Balaban J connectivity index is 2.90. The summed E-state index contributed by atoms with van der Waals surface area (Å²) in [5.74, 6) is -0.626. The highest BCUT2D eigenvalue weighted by Crippen LogP contribution is 2.16. The number of halogens is 1. The molecule has 1 rings (SSSR count). The topological polar surface area (TPSA) is 62.1 Å². The molecule has 1 N–H and O–H groups in total. The van der Waals surface area contributed by atoms with E-state index in [0.717, 1.165) is 5.69 Å². The van der Waals surface area contributed by atoms with E-state index in [1.165, 1.54) is 0 Å². The number of hydrogen-bond acceptors (Lipinski definition) is 4. The van der Waals surface area contributed by atoms with Gasteiger partial charge in [-0.1, -0.05) is 11.6 Å². The van der Waals surface area contributed by atoms with Crippen LogP contribution in [-0.2, 0) is 9.53 Å². The number of benzene rings is 1. The summed E-state index contributed by atoms with van der Waals surface area (Å²) in [6.45, 7) is 3.57. The Hall–Kier alpha value is -1.99. The summed E-state index contributed by atoms with van der Waals surface area (Å²) < 4.78 is 4.79. The molecule has 18 heavy (non-hydrogen) atoms. The minimum Gasteiger partial charge on any atom is -0.462 e. The van der Waals surface area contributed by atoms with Gasteiger partial charge in [0.1, 0.15) is 6.07 Å². The monoisotopic (exact) mass is 264 g/mol. The Bertz CT molecular complexity index is 501. The minimum absolute atomic E-state index is 0.0354. The standard InChI is InChI=1S/C13H13ClN2O2/c1-3-18-13(17)12(8-15)9(2)16-11-6-4-10(14)5-7-11/h4-7,16H,3H2,1-2H3. The number of rotatable bonds is 4. The van der Waals surface area contributed by atoms with Gasteiger partial charge in [-0.3, -0.25) is 0 Å². The van der Waals surface area contributed by atoms with E-state index in [1.54, 1.807) is 38.1 Å². The maximum Gasteiger partial charge on any atom is 0.350 e. The number of carbonyl (C=O) groups excluding carboxylic acids is 1. The van der Waals surface area contributed by atoms with Crippen molar-refractivity contribution >= 4 is 23.3 Å². The lowest BCUT2D eigenvalue weighted by Gasteiger charge is -2.08.